The molecule has 2 aromatic carbocycles. The summed E-state index contributed by atoms with van der Waals surface area (Å²) in [6, 6.07) is 13.0. The Hall–Kier alpha value is -2.49. The fourth-order valence-electron chi connectivity index (χ4n) is 1.97. The number of rotatable bonds is 5. The van der Waals surface area contributed by atoms with Crippen molar-refractivity contribution in [3.05, 3.63) is 59.9 Å². The lowest BCUT2D eigenvalue weighted by atomic mass is 9.97. The number of carboxylic acids is 1. The van der Waals surface area contributed by atoms with Crippen molar-refractivity contribution in [1.29, 1.82) is 0 Å². The van der Waals surface area contributed by atoms with E-state index < -0.39 is 11.9 Å². The van der Waals surface area contributed by atoms with Crippen molar-refractivity contribution in [3.8, 4) is 11.1 Å². The molecule has 2 rings (SSSR count). The van der Waals surface area contributed by atoms with Crippen LogP contribution in [0.1, 0.15) is 23.7 Å². The number of hydrogen-bond donors (Lipinski definition) is 1. The third kappa shape index (κ3) is 3.75. The summed E-state index contributed by atoms with van der Waals surface area (Å²) in [7, 11) is 0. The van der Waals surface area contributed by atoms with Gasteiger partial charge in [0.15, 0.2) is 5.78 Å². The van der Waals surface area contributed by atoms with E-state index >= 15 is 0 Å². The fourth-order valence-corrected chi connectivity index (χ4v) is 1.97. The van der Waals surface area contributed by atoms with E-state index in [0.29, 0.717) is 5.56 Å². The number of Topliss-reactive ketones (excluding diaryl/α,β-unsaturated/α-hetero) is 1. The molecule has 0 saturated heterocycles. The smallest absolute Gasteiger partial charge is 0.306 e. The zero-order valence-corrected chi connectivity index (χ0v) is 11.5. The van der Waals surface area contributed by atoms with Crippen molar-refractivity contribution in [2.45, 2.75) is 13.3 Å². The van der Waals surface area contributed by atoms with E-state index in [1.165, 1.54) is 19.1 Å². The zero-order valence-electron chi connectivity index (χ0n) is 11.5. The van der Waals surface area contributed by atoms with Crippen molar-refractivity contribution < 1.29 is 19.1 Å². The summed E-state index contributed by atoms with van der Waals surface area (Å²) in [4.78, 5) is 22.7. The van der Waals surface area contributed by atoms with Crippen LogP contribution >= 0.6 is 0 Å². The Balaban J connectivity index is 2.13. The van der Waals surface area contributed by atoms with Crippen molar-refractivity contribution in [2.75, 3.05) is 0 Å². The molecular formula is C17H15FO3. The van der Waals surface area contributed by atoms with Gasteiger partial charge in [-0.3, -0.25) is 9.59 Å². The predicted molar refractivity (Wildman–Crippen MR) is 77.6 cm³/mol. The Morgan fingerprint density at radius 1 is 1.00 bits per heavy atom. The molecule has 0 spiro atoms. The standard InChI is InChI=1S/C17H15FO3/c1-11(17(20)21)10-16(19)14-4-2-12(3-5-14)13-6-8-15(18)9-7-13/h2-9,11H,10H2,1H3,(H,20,21)/t11-/m1/s1. The topological polar surface area (TPSA) is 54.4 Å². The molecule has 4 heteroatoms. The Morgan fingerprint density at radius 2 is 1.48 bits per heavy atom. The van der Waals surface area contributed by atoms with Gasteiger partial charge in [-0.15, -0.1) is 0 Å². The first-order valence-corrected chi connectivity index (χ1v) is 6.59. The van der Waals surface area contributed by atoms with Gasteiger partial charge in [0.1, 0.15) is 5.82 Å². The largest absolute Gasteiger partial charge is 0.481 e. The highest BCUT2D eigenvalue weighted by molar-refractivity contribution is 5.98. The van der Waals surface area contributed by atoms with E-state index in [4.69, 9.17) is 5.11 Å². The van der Waals surface area contributed by atoms with Crippen LogP contribution in [-0.2, 0) is 4.79 Å². The molecule has 3 nitrogen and oxygen atoms in total. The number of aliphatic carboxylic acids is 1. The number of hydrogen-bond acceptors (Lipinski definition) is 2. The van der Waals surface area contributed by atoms with E-state index in [2.05, 4.69) is 0 Å². The zero-order chi connectivity index (χ0) is 15.4. The molecule has 0 fully saturated rings. The maximum absolute atomic E-state index is 12.9. The summed E-state index contributed by atoms with van der Waals surface area (Å²) in [6.07, 6.45) is -0.0226. The van der Waals surface area contributed by atoms with E-state index in [0.717, 1.165) is 11.1 Å². The first kappa shape index (κ1) is 14.9. The molecule has 21 heavy (non-hydrogen) atoms. The van der Waals surface area contributed by atoms with Gasteiger partial charge in [0.25, 0.3) is 0 Å². The second-order valence-corrected chi connectivity index (χ2v) is 4.95. The lowest BCUT2D eigenvalue weighted by Crippen LogP contribution is -2.14. The van der Waals surface area contributed by atoms with Crippen LogP contribution in [-0.4, -0.2) is 16.9 Å². The van der Waals surface area contributed by atoms with Gasteiger partial charge in [-0.1, -0.05) is 43.3 Å². The molecule has 1 N–H and O–H groups in total. The van der Waals surface area contributed by atoms with Gasteiger partial charge in [-0.25, -0.2) is 4.39 Å². The summed E-state index contributed by atoms with van der Waals surface area (Å²) >= 11 is 0. The van der Waals surface area contributed by atoms with E-state index in [1.54, 1.807) is 36.4 Å². The van der Waals surface area contributed by atoms with Crippen molar-refractivity contribution in [2.24, 2.45) is 5.92 Å². The third-order valence-electron chi connectivity index (χ3n) is 3.30. The molecule has 0 aliphatic carbocycles. The second kappa shape index (κ2) is 6.31. The SMILES string of the molecule is C[C@H](CC(=O)c1ccc(-c2ccc(F)cc2)cc1)C(=O)O. The van der Waals surface area contributed by atoms with E-state index in [9.17, 15) is 14.0 Å². The number of carbonyl (C=O) groups excluding carboxylic acids is 1. The van der Waals surface area contributed by atoms with Gasteiger partial charge in [0.2, 0.25) is 0 Å². The molecule has 2 aromatic rings. The van der Waals surface area contributed by atoms with Gasteiger partial charge in [-0.05, 0) is 23.3 Å². The van der Waals surface area contributed by atoms with Crippen LogP contribution in [0.2, 0.25) is 0 Å². The highest BCUT2D eigenvalue weighted by Gasteiger charge is 2.16. The van der Waals surface area contributed by atoms with Crippen LogP contribution in [0.5, 0.6) is 0 Å². The number of halogens is 1. The molecule has 0 heterocycles. The summed E-state index contributed by atoms with van der Waals surface area (Å²) in [6.45, 7) is 1.51. The number of benzene rings is 2. The van der Waals surface area contributed by atoms with E-state index in [1.807, 2.05) is 0 Å². The first-order valence-electron chi connectivity index (χ1n) is 6.59. The van der Waals surface area contributed by atoms with Crippen LogP contribution in [0.15, 0.2) is 48.5 Å². The molecule has 0 saturated carbocycles. The van der Waals surface area contributed by atoms with Gasteiger partial charge in [0.05, 0.1) is 5.92 Å². The summed E-state index contributed by atoms with van der Waals surface area (Å²) in [5.74, 6) is -2.18. The molecule has 0 bridgehead atoms. The molecule has 0 aromatic heterocycles. The lowest BCUT2D eigenvalue weighted by Gasteiger charge is -2.06. The van der Waals surface area contributed by atoms with Crippen molar-refractivity contribution in [1.82, 2.24) is 0 Å². The maximum Gasteiger partial charge on any atom is 0.306 e. The number of carbonyl (C=O) groups is 2. The molecule has 0 amide bonds. The summed E-state index contributed by atoms with van der Waals surface area (Å²) in [5, 5.41) is 8.81. The summed E-state index contributed by atoms with van der Waals surface area (Å²) in [5.41, 5.74) is 2.21. The Kier molecular flexibility index (Phi) is 4.48. The maximum atomic E-state index is 12.9. The van der Waals surface area contributed by atoms with Crippen molar-refractivity contribution >= 4 is 11.8 Å². The number of ketones is 1. The lowest BCUT2D eigenvalue weighted by molar-refractivity contribution is -0.141. The van der Waals surface area contributed by atoms with Crippen LogP contribution in [0.25, 0.3) is 11.1 Å². The molecule has 1 atom stereocenters. The minimum absolute atomic E-state index is 0.0226. The third-order valence-corrected chi connectivity index (χ3v) is 3.30. The van der Waals surface area contributed by atoms with Gasteiger partial charge < -0.3 is 5.11 Å². The fraction of sp³-hybridized carbons (Fsp3) is 0.176. The predicted octanol–water partition coefficient (Wildman–Crippen LogP) is 3.79. The quantitative estimate of drug-likeness (QED) is 0.851. The molecule has 0 unspecified atom stereocenters. The van der Waals surface area contributed by atoms with Crippen molar-refractivity contribution in [3.63, 3.8) is 0 Å². The second-order valence-electron chi connectivity index (χ2n) is 4.95. The monoisotopic (exact) mass is 286 g/mol. The van der Waals surface area contributed by atoms with Crippen LogP contribution in [0.3, 0.4) is 0 Å². The average molecular weight is 286 g/mol. The Morgan fingerprint density at radius 3 is 1.95 bits per heavy atom. The molecule has 108 valence electrons. The molecular weight excluding hydrogens is 271 g/mol. The van der Waals surface area contributed by atoms with Crippen LogP contribution < -0.4 is 0 Å². The van der Waals surface area contributed by atoms with Crippen LogP contribution in [0.4, 0.5) is 4.39 Å². The normalized spacial score (nSPS) is 11.9. The highest BCUT2D eigenvalue weighted by Crippen LogP contribution is 2.21. The van der Waals surface area contributed by atoms with Gasteiger partial charge in [-0.2, -0.15) is 0 Å². The molecule has 0 aliphatic rings. The van der Waals surface area contributed by atoms with E-state index in [-0.39, 0.29) is 18.0 Å². The van der Waals surface area contributed by atoms with Gasteiger partial charge in [0, 0.05) is 12.0 Å². The minimum Gasteiger partial charge on any atom is -0.481 e. The Bertz CT molecular complexity index is 645. The minimum atomic E-state index is -0.980. The number of carboxylic acid groups (broad SMARTS) is 1. The summed E-state index contributed by atoms with van der Waals surface area (Å²) < 4.78 is 12.9. The molecule has 0 aliphatic heterocycles. The average Bonchev–Trinajstić information content (AvgIpc) is 2.48. The van der Waals surface area contributed by atoms with Gasteiger partial charge >= 0.3 is 5.97 Å². The highest BCUT2D eigenvalue weighted by atomic mass is 19.1. The van der Waals surface area contributed by atoms with Crippen LogP contribution in [0, 0.1) is 11.7 Å². The Labute approximate surface area is 122 Å². The molecule has 0 radical (unpaired) electrons. The first-order chi connectivity index (χ1) is 9.97.